The summed E-state index contributed by atoms with van der Waals surface area (Å²) in [6.45, 7) is 9.06. The van der Waals surface area contributed by atoms with E-state index in [-0.39, 0.29) is 0 Å². The highest BCUT2D eigenvalue weighted by Gasteiger charge is 1.97. The van der Waals surface area contributed by atoms with Gasteiger partial charge in [0.1, 0.15) is 0 Å². The quantitative estimate of drug-likeness (QED) is 0.521. The van der Waals surface area contributed by atoms with Gasteiger partial charge in [0.25, 0.3) is 0 Å². The predicted octanol–water partition coefficient (Wildman–Crippen LogP) is 4.17. The Kier molecular flexibility index (Phi) is 6.30. The number of allylic oxidation sites excluding steroid dienone is 2. The maximum Gasteiger partial charge on any atom is -0.0297 e. The zero-order valence-corrected chi connectivity index (χ0v) is 8.48. The van der Waals surface area contributed by atoms with E-state index in [0.29, 0.717) is 0 Å². The molecule has 0 amide bonds. The molecule has 0 aliphatic heterocycles. The summed E-state index contributed by atoms with van der Waals surface area (Å²) in [6, 6.07) is 0. The lowest BCUT2D eigenvalue weighted by Gasteiger charge is -2.07. The van der Waals surface area contributed by atoms with E-state index in [1.807, 2.05) is 0 Å². The molecule has 0 fully saturated rings. The largest absolute Gasteiger partial charge is 0.0853 e. The van der Waals surface area contributed by atoms with Crippen molar-refractivity contribution in [1.82, 2.24) is 0 Å². The molecule has 0 heterocycles. The average molecular weight is 154 g/mol. The van der Waals surface area contributed by atoms with Crippen LogP contribution in [0.3, 0.4) is 0 Å². The molecular weight excluding hydrogens is 132 g/mol. The van der Waals surface area contributed by atoms with Crippen LogP contribution in [0.15, 0.2) is 11.6 Å². The molecule has 0 unspecified atom stereocenters. The lowest BCUT2D eigenvalue weighted by Crippen LogP contribution is -1.90. The number of unbranched alkanes of at least 4 members (excludes halogenated alkanes) is 1. The Morgan fingerprint density at radius 3 is 2.27 bits per heavy atom. The zero-order chi connectivity index (χ0) is 8.69. The molecule has 0 N–H and O–H groups in total. The van der Waals surface area contributed by atoms with Crippen LogP contribution in [0.5, 0.6) is 0 Å². The van der Waals surface area contributed by atoms with Crippen LogP contribution in [0.2, 0.25) is 0 Å². The molecule has 0 radical (unpaired) electrons. The van der Waals surface area contributed by atoms with Gasteiger partial charge < -0.3 is 0 Å². The van der Waals surface area contributed by atoms with Crippen LogP contribution in [0, 0.1) is 5.92 Å². The van der Waals surface area contributed by atoms with Gasteiger partial charge in [-0.05, 0) is 25.2 Å². The number of hydrogen-bond acceptors (Lipinski definition) is 0. The summed E-state index contributed by atoms with van der Waals surface area (Å²) in [6.07, 6.45) is 7.48. The Labute approximate surface area is 71.7 Å². The molecule has 0 rings (SSSR count). The third-order valence-corrected chi connectivity index (χ3v) is 1.85. The Bertz CT molecular complexity index is 109. The van der Waals surface area contributed by atoms with Gasteiger partial charge in [-0.15, -0.1) is 0 Å². The molecule has 0 bridgehead atoms. The summed E-state index contributed by atoms with van der Waals surface area (Å²) in [4.78, 5) is 0. The Morgan fingerprint density at radius 1 is 1.27 bits per heavy atom. The Balaban J connectivity index is 3.73. The molecule has 0 saturated heterocycles. The van der Waals surface area contributed by atoms with E-state index in [2.05, 4.69) is 33.8 Å². The van der Waals surface area contributed by atoms with Crippen molar-refractivity contribution in [1.29, 1.82) is 0 Å². The summed E-state index contributed by atoms with van der Waals surface area (Å²) in [5.74, 6) is 0.818. The molecule has 0 heteroatoms. The molecule has 0 aromatic carbocycles. The molecule has 0 aliphatic rings. The van der Waals surface area contributed by atoms with Gasteiger partial charge in [0.2, 0.25) is 0 Å². The first-order valence-corrected chi connectivity index (χ1v) is 4.88. The minimum atomic E-state index is 0.818. The summed E-state index contributed by atoms with van der Waals surface area (Å²) < 4.78 is 0. The van der Waals surface area contributed by atoms with Crippen molar-refractivity contribution in [3.05, 3.63) is 11.6 Å². The van der Waals surface area contributed by atoms with E-state index < -0.39 is 0 Å². The molecular formula is C11H22. The first-order valence-electron chi connectivity index (χ1n) is 4.88. The van der Waals surface area contributed by atoms with Gasteiger partial charge in [0.05, 0.1) is 0 Å². The maximum absolute atomic E-state index is 2.42. The molecule has 0 aromatic rings. The highest BCUT2D eigenvalue weighted by atomic mass is 14.0. The number of hydrogen-bond donors (Lipinski definition) is 0. The summed E-state index contributed by atoms with van der Waals surface area (Å²) in [5.41, 5.74) is 1.64. The highest BCUT2D eigenvalue weighted by molar-refractivity contribution is 5.01. The van der Waals surface area contributed by atoms with Crippen LogP contribution in [0.1, 0.15) is 53.4 Å². The van der Waals surface area contributed by atoms with Crippen molar-refractivity contribution in [3.63, 3.8) is 0 Å². The van der Waals surface area contributed by atoms with Crippen LogP contribution in [-0.4, -0.2) is 0 Å². The fourth-order valence-corrected chi connectivity index (χ4v) is 1.24. The second-order valence-electron chi connectivity index (χ2n) is 3.60. The van der Waals surface area contributed by atoms with E-state index in [9.17, 15) is 0 Å². The van der Waals surface area contributed by atoms with Crippen LogP contribution < -0.4 is 0 Å². The van der Waals surface area contributed by atoms with E-state index in [1.165, 1.54) is 25.7 Å². The summed E-state index contributed by atoms with van der Waals surface area (Å²) >= 11 is 0. The summed E-state index contributed by atoms with van der Waals surface area (Å²) in [5, 5.41) is 0. The standard InChI is InChI=1S/C11H22/c1-5-7-8-11(6-2)9-10(3)4/h8,10H,5-7,9H2,1-4H3. The predicted molar refractivity (Wildman–Crippen MR) is 52.7 cm³/mol. The monoisotopic (exact) mass is 154 g/mol. The molecule has 11 heavy (non-hydrogen) atoms. The zero-order valence-electron chi connectivity index (χ0n) is 8.48. The Morgan fingerprint density at radius 2 is 1.91 bits per heavy atom. The first-order chi connectivity index (χ1) is 5.20. The molecule has 0 nitrogen and oxygen atoms in total. The molecule has 0 aromatic heterocycles. The van der Waals surface area contributed by atoms with Gasteiger partial charge in [-0.3, -0.25) is 0 Å². The normalized spacial score (nSPS) is 12.6. The van der Waals surface area contributed by atoms with E-state index in [0.717, 1.165) is 5.92 Å². The third-order valence-electron chi connectivity index (χ3n) is 1.85. The van der Waals surface area contributed by atoms with Crippen LogP contribution in [0.25, 0.3) is 0 Å². The second-order valence-corrected chi connectivity index (χ2v) is 3.60. The minimum absolute atomic E-state index is 0.818. The number of rotatable bonds is 5. The highest BCUT2D eigenvalue weighted by Crippen LogP contribution is 2.14. The molecule has 0 saturated carbocycles. The van der Waals surface area contributed by atoms with Crippen molar-refractivity contribution in [3.8, 4) is 0 Å². The molecule has 0 spiro atoms. The molecule has 66 valence electrons. The van der Waals surface area contributed by atoms with E-state index >= 15 is 0 Å². The van der Waals surface area contributed by atoms with Gasteiger partial charge in [-0.2, -0.15) is 0 Å². The average Bonchev–Trinajstić information content (AvgIpc) is 1.97. The smallest absolute Gasteiger partial charge is 0.0297 e. The SMILES string of the molecule is CCCC=C(CC)CC(C)C. The van der Waals surface area contributed by atoms with Crippen molar-refractivity contribution in [2.45, 2.75) is 53.4 Å². The van der Waals surface area contributed by atoms with Gasteiger partial charge in [-0.1, -0.05) is 45.8 Å². The second kappa shape index (κ2) is 6.45. The van der Waals surface area contributed by atoms with E-state index in [4.69, 9.17) is 0 Å². The van der Waals surface area contributed by atoms with Crippen molar-refractivity contribution >= 4 is 0 Å². The van der Waals surface area contributed by atoms with Crippen molar-refractivity contribution < 1.29 is 0 Å². The van der Waals surface area contributed by atoms with Gasteiger partial charge in [0.15, 0.2) is 0 Å². The minimum Gasteiger partial charge on any atom is -0.0853 e. The molecule has 0 atom stereocenters. The summed E-state index contributed by atoms with van der Waals surface area (Å²) in [7, 11) is 0. The fraction of sp³-hybridized carbons (Fsp3) is 0.818. The topological polar surface area (TPSA) is 0 Å². The first kappa shape index (κ1) is 10.7. The maximum atomic E-state index is 2.42. The van der Waals surface area contributed by atoms with Gasteiger partial charge >= 0.3 is 0 Å². The third kappa shape index (κ3) is 6.15. The van der Waals surface area contributed by atoms with E-state index in [1.54, 1.807) is 5.57 Å². The van der Waals surface area contributed by atoms with Gasteiger partial charge in [-0.25, -0.2) is 0 Å². The van der Waals surface area contributed by atoms with Crippen LogP contribution in [0.4, 0.5) is 0 Å². The molecule has 0 aliphatic carbocycles. The van der Waals surface area contributed by atoms with Crippen LogP contribution >= 0.6 is 0 Å². The van der Waals surface area contributed by atoms with Crippen LogP contribution in [-0.2, 0) is 0 Å². The van der Waals surface area contributed by atoms with Crippen molar-refractivity contribution in [2.75, 3.05) is 0 Å². The lowest BCUT2D eigenvalue weighted by atomic mass is 10.00. The van der Waals surface area contributed by atoms with Crippen molar-refractivity contribution in [2.24, 2.45) is 5.92 Å². The lowest BCUT2D eigenvalue weighted by molar-refractivity contribution is 0.627. The van der Waals surface area contributed by atoms with Gasteiger partial charge in [0, 0.05) is 0 Å². The fourth-order valence-electron chi connectivity index (χ4n) is 1.24. The Hall–Kier alpha value is -0.260.